The molecular formula is C19H42IN5. The lowest BCUT2D eigenvalue weighted by molar-refractivity contribution is 0.122. The number of guanidine groups is 1. The van der Waals surface area contributed by atoms with Crippen LogP contribution >= 0.6 is 24.0 Å². The number of halogens is 1. The zero-order valence-corrected chi connectivity index (χ0v) is 19.7. The first-order valence-corrected chi connectivity index (χ1v) is 9.89. The van der Waals surface area contributed by atoms with Gasteiger partial charge in [-0.1, -0.05) is 26.7 Å². The van der Waals surface area contributed by atoms with Crippen LogP contribution in [-0.4, -0.2) is 74.2 Å². The number of aliphatic imine (C=N–C) groups is 1. The van der Waals surface area contributed by atoms with Gasteiger partial charge in [0.15, 0.2) is 5.96 Å². The Balaban J connectivity index is 0.00000576. The molecule has 1 rings (SSSR count). The summed E-state index contributed by atoms with van der Waals surface area (Å²) in [5.74, 6) is 1.76. The monoisotopic (exact) mass is 467 g/mol. The molecule has 0 saturated carbocycles. The lowest BCUT2D eigenvalue weighted by Gasteiger charge is -2.36. The minimum Gasteiger partial charge on any atom is -0.357 e. The average molecular weight is 467 g/mol. The van der Waals surface area contributed by atoms with Crippen LogP contribution in [0.5, 0.6) is 0 Å². The molecule has 1 aliphatic heterocycles. The molecule has 5 nitrogen and oxygen atoms in total. The second-order valence-corrected chi connectivity index (χ2v) is 7.78. The summed E-state index contributed by atoms with van der Waals surface area (Å²) in [6.45, 7) is 17.7. The zero-order valence-electron chi connectivity index (χ0n) is 17.3. The molecule has 6 heteroatoms. The van der Waals surface area contributed by atoms with Crippen LogP contribution in [0, 0.1) is 5.92 Å². The third-order valence-electron chi connectivity index (χ3n) is 4.82. The summed E-state index contributed by atoms with van der Waals surface area (Å²) in [5.41, 5.74) is 0. The van der Waals surface area contributed by atoms with E-state index in [9.17, 15) is 0 Å². The third kappa shape index (κ3) is 11.3. The van der Waals surface area contributed by atoms with E-state index < -0.39 is 0 Å². The number of nitrogens with one attached hydrogen (secondary N) is 2. The summed E-state index contributed by atoms with van der Waals surface area (Å²) in [4.78, 5) is 9.78. The van der Waals surface area contributed by atoms with E-state index in [0.29, 0.717) is 12.1 Å². The van der Waals surface area contributed by atoms with Crippen LogP contribution in [0.25, 0.3) is 0 Å². The summed E-state index contributed by atoms with van der Waals surface area (Å²) in [7, 11) is 2.20. The van der Waals surface area contributed by atoms with E-state index in [1.807, 2.05) is 0 Å². The predicted molar refractivity (Wildman–Crippen MR) is 121 cm³/mol. The Hall–Kier alpha value is -0.0800. The van der Waals surface area contributed by atoms with Gasteiger partial charge in [-0.15, -0.1) is 24.0 Å². The highest BCUT2D eigenvalue weighted by Gasteiger charge is 2.18. The molecule has 1 fully saturated rings. The van der Waals surface area contributed by atoms with Gasteiger partial charge in [0.05, 0.1) is 6.54 Å². The number of nitrogens with zero attached hydrogens (tertiary/aromatic N) is 3. The Bertz CT molecular complexity index is 354. The maximum Gasteiger partial charge on any atom is 0.191 e. The first kappa shape index (κ1) is 24.9. The Morgan fingerprint density at radius 3 is 2.24 bits per heavy atom. The van der Waals surface area contributed by atoms with E-state index in [1.165, 1.54) is 32.4 Å². The first-order valence-electron chi connectivity index (χ1n) is 9.89. The van der Waals surface area contributed by atoms with Gasteiger partial charge in [-0.2, -0.15) is 0 Å². The van der Waals surface area contributed by atoms with Crippen molar-refractivity contribution in [3.63, 3.8) is 0 Å². The summed E-state index contributed by atoms with van der Waals surface area (Å²) < 4.78 is 0. The van der Waals surface area contributed by atoms with Crippen LogP contribution in [0.3, 0.4) is 0 Å². The summed E-state index contributed by atoms with van der Waals surface area (Å²) >= 11 is 0. The van der Waals surface area contributed by atoms with E-state index in [-0.39, 0.29) is 24.0 Å². The third-order valence-corrected chi connectivity index (χ3v) is 4.82. The van der Waals surface area contributed by atoms with Crippen molar-refractivity contribution in [3.05, 3.63) is 0 Å². The molecule has 2 N–H and O–H groups in total. The van der Waals surface area contributed by atoms with Gasteiger partial charge in [0.25, 0.3) is 0 Å². The lowest BCUT2D eigenvalue weighted by atomic mass is 10.0. The van der Waals surface area contributed by atoms with Crippen LogP contribution in [0.2, 0.25) is 0 Å². The zero-order chi connectivity index (χ0) is 17.9. The Morgan fingerprint density at radius 1 is 1.04 bits per heavy atom. The number of piperazine rings is 1. The van der Waals surface area contributed by atoms with Crippen molar-refractivity contribution < 1.29 is 0 Å². The molecule has 0 aromatic rings. The van der Waals surface area contributed by atoms with E-state index in [0.717, 1.165) is 38.1 Å². The molecule has 0 aliphatic carbocycles. The fourth-order valence-electron chi connectivity index (χ4n) is 3.06. The highest BCUT2D eigenvalue weighted by Crippen LogP contribution is 2.08. The molecule has 2 atom stereocenters. The molecule has 25 heavy (non-hydrogen) atoms. The van der Waals surface area contributed by atoms with Crippen molar-refractivity contribution >= 4 is 29.9 Å². The second kappa shape index (κ2) is 14.0. The van der Waals surface area contributed by atoms with Crippen LogP contribution in [0.15, 0.2) is 4.99 Å². The van der Waals surface area contributed by atoms with E-state index in [2.05, 4.69) is 62.1 Å². The Kier molecular flexibility index (Phi) is 14.0. The largest absolute Gasteiger partial charge is 0.357 e. The first-order chi connectivity index (χ1) is 11.4. The summed E-state index contributed by atoms with van der Waals surface area (Å²) in [5, 5.41) is 6.96. The molecular weight excluding hydrogens is 425 g/mol. The molecule has 1 saturated heterocycles. The van der Waals surface area contributed by atoms with Crippen LogP contribution < -0.4 is 10.6 Å². The molecule has 0 amide bonds. The molecule has 150 valence electrons. The highest BCUT2D eigenvalue weighted by atomic mass is 127. The predicted octanol–water partition coefficient (Wildman–Crippen LogP) is 3.01. The van der Waals surface area contributed by atoms with Gasteiger partial charge in [-0.3, -0.25) is 9.89 Å². The van der Waals surface area contributed by atoms with Crippen LogP contribution in [0.1, 0.15) is 53.9 Å². The van der Waals surface area contributed by atoms with Gasteiger partial charge in [0.2, 0.25) is 0 Å². The van der Waals surface area contributed by atoms with E-state index in [1.54, 1.807) is 0 Å². The minimum atomic E-state index is 0. The maximum absolute atomic E-state index is 4.83. The van der Waals surface area contributed by atoms with Gasteiger partial charge in [-0.25, -0.2) is 0 Å². The molecule has 1 heterocycles. The molecule has 1 aliphatic rings. The van der Waals surface area contributed by atoms with Crippen molar-refractivity contribution in [2.75, 3.05) is 46.3 Å². The maximum atomic E-state index is 4.83. The fourth-order valence-corrected chi connectivity index (χ4v) is 3.06. The fraction of sp³-hybridized carbons (Fsp3) is 0.947. The topological polar surface area (TPSA) is 42.9 Å². The smallest absolute Gasteiger partial charge is 0.191 e. The number of rotatable bonds is 9. The molecule has 0 aromatic carbocycles. The van der Waals surface area contributed by atoms with E-state index in [4.69, 9.17) is 4.99 Å². The van der Waals surface area contributed by atoms with Gasteiger partial charge < -0.3 is 15.5 Å². The van der Waals surface area contributed by atoms with Crippen molar-refractivity contribution in [2.45, 2.75) is 66.0 Å². The molecule has 0 aromatic heterocycles. The summed E-state index contributed by atoms with van der Waals surface area (Å²) in [6.07, 6.45) is 3.79. The minimum absolute atomic E-state index is 0. The van der Waals surface area contributed by atoms with Gasteiger partial charge in [0.1, 0.15) is 0 Å². The van der Waals surface area contributed by atoms with Gasteiger partial charge in [0, 0.05) is 44.8 Å². The van der Waals surface area contributed by atoms with Crippen molar-refractivity contribution in [2.24, 2.45) is 10.9 Å². The number of hydrogen-bond acceptors (Lipinski definition) is 3. The number of hydrogen-bond donors (Lipinski definition) is 2. The van der Waals surface area contributed by atoms with Crippen LogP contribution in [-0.2, 0) is 0 Å². The van der Waals surface area contributed by atoms with Crippen molar-refractivity contribution in [1.82, 2.24) is 20.4 Å². The normalized spacial score (nSPS) is 19.4. The Labute approximate surface area is 173 Å². The standard InChI is InChI=1S/C19H41N5.HI/c1-7-20-19(22-17(4)10-8-9-16(2)3)21-15-18(5)24-13-11-23(6)12-14-24;/h16-18H,7-15H2,1-6H3,(H2,20,21,22);1H. The van der Waals surface area contributed by atoms with Crippen LogP contribution in [0.4, 0.5) is 0 Å². The van der Waals surface area contributed by atoms with E-state index >= 15 is 0 Å². The molecule has 0 spiro atoms. The number of likely N-dealkylation sites (N-methyl/N-ethyl adjacent to an activating group) is 1. The molecule has 2 unspecified atom stereocenters. The highest BCUT2D eigenvalue weighted by molar-refractivity contribution is 14.0. The quantitative estimate of drug-likeness (QED) is 0.311. The summed E-state index contributed by atoms with van der Waals surface area (Å²) in [6, 6.07) is 0.978. The van der Waals surface area contributed by atoms with Gasteiger partial charge in [-0.05, 0) is 40.2 Å². The van der Waals surface area contributed by atoms with Gasteiger partial charge >= 0.3 is 0 Å². The second-order valence-electron chi connectivity index (χ2n) is 7.78. The van der Waals surface area contributed by atoms with Crippen molar-refractivity contribution in [1.29, 1.82) is 0 Å². The average Bonchev–Trinajstić information content (AvgIpc) is 2.52. The molecule has 0 radical (unpaired) electrons. The van der Waals surface area contributed by atoms with Crippen molar-refractivity contribution in [3.8, 4) is 0 Å². The Morgan fingerprint density at radius 2 is 1.68 bits per heavy atom. The SMILES string of the molecule is CCNC(=NCC(C)N1CCN(C)CC1)NC(C)CCCC(C)C.I. The molecule has 0 bridgehead atoms. The lowest BCUT2D eigenvalue weighted by Crippen LogP contribution is -2.49.